The van der Waals surface area contributed by atoms with Crippen LogP contribution in [0.15, 0.2) is 48.5 Å². The van der Waals surface area contributed by atoms with Crippen LogP contribution in [0.25, 0.3) is 10.9 Å². The summed E-state index contributed by atoms with van der Waals surface area (Å²) >= 11 is 0. The number of aromatic nitrogens is 1. The number of aryl methyl sites for hydroxylation is 1. The van der Waals surface area contributed by atoms with Gasteiger partial charge in [-0.25, -0.2) is 4.98 Å². The van der Waals surface area contributed by atoms with Crippen molar-refractivity contribution in [2.75, 3.05) is 50.6 Å². The Kier molecular flexibility index (Phi) is 5.86. The van der Waals surface area contributed by atoms with Gasteiger partial charge in [0.25, 0.3) is 0 Å². The van der Waals surface area contributed by atoms with Crippen molar-refractivity contribution < 1.29 is 9.53 Å². The van der Waals surface area contributed by atoms with Gasteiger partial charge in [0.05, 0.1) is 19.0 Å². The molecule has 4 rings (SSSR count). The minimum atomic E-state index is -0.0708. The van der Waals surface area contributed by atoms with Crippen LogP contribution in [-0.4, -0.2) is 56.1 Å². The van der Waals surface area contributed by atoms with Crippen LogP contribution in [0, 0.1) is 6.92 Å². The Labute approximate surface area is 177 Å². The fourth-order valence-electron chi connectivity index (χ4n) is 3.88. The zero-order valence-electron chi connectivity index (χ0n) is 17.8. The summed E-state index contributed by atoms with van der Waals surface area (Å²) in [5.74, 6) is 1.68. The molecule has 1 aromatic heterocycles. The zero-order valence-corrected chi connectivity index (χ0v) is 17.8. The molecule has 0 bridgehead atoms. The molecule has 1 aliphatic rings. The highest BCUT2D eigenvalue weighted by molar-refractivity contribution is 5.96. The number of rotatable bonds is 5. The highest BCUT2D eigenvalue weighted by Crippen LogP contribution is 2.26. The summed E-state index contributed by atoms with van der Waals surface area (Å²) in [4.78, 5) is 22.1. The Hall–Kier alpha value is -3.12. The molecule has 0 radical (unpaired) electrons. The molecule has 1 N–H and O–H groups in total. The summed E-state index contributed by atoms with van der Waals surface area (Å²) < 4.78 is 5.34. The molecule has 1 aliphatic heterocycles. The molecule has 2 heterocycles. The van der Waals surface area contributed by atoms with Crippen LogP contribution in [0.5, 0.6) is 5.75 Å². The maximum absolute atomic E-state index is 12.6. The molecule has 30 heavy (non-hydrogen) atoms. The van der Waals surface area contributed by atoms with Crippen LogP contribution in [0.3, 0.4) is 0 Å². The molecule has 6 heteroatoms. The predicted molar refractivity (Wildman–Crippen MR) is 122 cm³/mol. The van der Waals surface area contributed by atoms with Gasteiger partial charge in [0.15, 0.2) is 0 Å². The van der Waals surface area contributed by atoms with Crippen LogP contribution in [0.2, 0.25) is 0 Å². The first-order chi connectivity index (χ1) is 14.5. The number of anilines is 2. The second-order valence-corrected chi connectivity index (χ2v) is 7.86. The molecule has 1 saturated heterocycles. The normalized spacial score (nSPS) is 14.7. The Balaban J connectivity index is 1.51. The zero-order chi connectivity index (χ0) is 21.1. The fraction of sp³-hybridized carbons (Fsp3) is 0.333. The number of carbonyl (C=O) groups excluding carboxylic acids is 1. The number of piperazine rings is 1. The molecule has 3 aromatic rings. The SMILES string of the molecule is COc1ccccc1CC(=O)Nc1ccc2nc(N3CCN(C)CC3)cc(C)c2c1. The first-order valence-corrected chi connectivity index (χ1v) is 10.3. The molecule has 0 unspecified atom stereocenters. The number of nitrogens with zero attached hydrogens (tertiary/aromatic N) is 3. The lowest BCUT2D eigenvalue weighted by Gasteiger charge is -2.33. The smallest absolute Gasteiger partial charge is 0.228 e. The van der Waals surface area contributed by atoms with Crippen molar-refractivity contribution in [3.63, 3.8) is 0 Å². The van der Waals surface area contributed by atoms with Gasteiger partial charge in [0.1, 0.15) is 11.6 Å². The predicted octanol–water partition coefficient (Wildman–Crippen LogP) is 3.48. The summed E-state index contributed by atoms with van der Waals surface area (Å²) in [6, 6.07) is 15.6. The number of ether oxygens (including phenoxy) is 1. The highest BCUT2D eigenvalue weighted by Gasteiger charge is 2.17. The largest absolute Gasteiger partial charge is 0.496 e. The molecular weight excluding hydrogens is 376 g/mol. The molecule has 0 atom stereocenters. The quantitative estimate of drug-likeness (QED) is 0.706. The number of benzene rings is 2. The molecular formula is C24H28N4O2. The average molecular weight is 405 g/mol. The summed E-state index contributed by atoms with van der Waals surface area (Å²) in [5, 5.41) is 4.06. The molecule has 1 fully saturated rings. The van der Waals surface area contributed by atoms with Gasteiger partial charge >= 0.3 is 0 Å². The lowest BCUT2D eigenvalue weighted by atomic mass is 10.1. The Morgan fingerprint density at radius 2 is 1.87 bits per heavy atom. The topological polar surface area (TPSA) is 57.7 Å². The minimum Gasteiger partial charge on any atom is -0.496 e. The van der Waals surface area contributed by atoms with Crippen LogP contribution in [-0.2, 0) is 11.2 Å². The van der Waals surface area contributed by atoms with E-state index >= 15 is 0 Å². The van der Waals surface area contributed by atoms with E-state index in [1.807, 2.05) is 42.5 Å². The van der Waals surface area contributed by atoms with Crippen molar-refractivity contribution >= 4 is 28.3 Å². The maximum Gasteiger partial charge on any atom is 0.228 e. The van der Waals surface area contributed by atoms with Gasteiger partial charge in [0, 0.05) is 42.8 Å². The van der Waals surface area contributed by atoms with E-state index in [2.05, 4.69) is 35.2 Å². The van der Waals surface area contributed by atoms with Crippen molar-refractivity contribution in [1.29, 1.82) is 0 Å². The lowest BCUT2D eigenvalue weighted by Crippen LogP contribution is -2.44. The molecule has 1 amide bonds. The van der Waals surface area contributed by atoms with Crippen molar-refractivity contribution in [1.82, 2.24) is 9.88 Å². The fourth-order valence-corrected chi connectivity index (χ4v) is 3.88. The van der Waals surface area contributed by atoms with Gasteiger partial charge in [-0.15, -0.1) is 0 Å². The number of hydrogen-bond donors (Lipinski definition) is 1. The monoisotopic (exact) mass is 404 g/mol. The molecule has 0 saturated carbocycles. The van der Waals surface area contributed by atoms with Gasteiger partial charge in [-0.05, 0) is 49.9 Å². The third-order valence-corrected chi connectivity index (χ3v) is 5.66. The average Bonchev–Trinajstić information content (AvgIpc) is 2.75. The number of amides is 1. The number of nitrogens with one attached hydrogen (secondary N) is 1. The van der Waals surface area contributed by atoms with Crippen LogP contribution >= 0.6 is 0 Å². The number of para-hydroxylation sites is 1. The van der Waals surface area contributed by atoms with Gasteiger partial charge < -0.3 is 19.9 Å². The number of methoxy groups -OCH3 is 1. The molecule has 156 valence electrons. The van der Waals surface area contributed by atoms with E-state index in [1.165, 1.54) is 0 Å². The van der Waals surface area contributed by atoms with Gasteiger partial charge in [0.2, 0.25) is 5.91 Å². The van der Waals surface area contributed by atoms with Crippen LogP contribution < -0.4 is 15.0 Å². The van der Waals surface area contributed by atoms with Crippen molar-refractivity contribution in [2.24, 2.45) is 0 Å². The Morgan fingerprint density at radius 1 is 1.10 bits per heavy atom. The Morgan fingerprint density at radius 3 is 2.63 bits per heavy atom. The molecule has 2 aromatic carbocycles. The van der Waals surface area contributed by atoms with E-state index < -0.39 is 0 Å². The summed E-state index contributed by atoms with van der Waals surface area (Å²) in [5.41, 5.74) is 3.76. The highest BCUT2D eigenvalue weighted by atomic mass is 16.5. The number of fused-ring (bicyclic) bond motifs is 1. The second-order valence-electron chi connectivity index (χ2n) is 7.86. The summed E-state index contributed by atoms with van der Waals surface area (Å²) in [7, 11) is 3.77. The molecule has 6 nitrogen and oxygen atoms in total. The van der Waals surface area contributed by atoms with E-state index in [4.69, 9.17) is 9.72 Å². The van der Waals surface area contributed by atoms with Gasteiger partial charge in [-0.2, -0.15) is 0 Å². The second kappa shape index (κ2) is 8.71. The molecule has 0 spiro atoms. The van der Waals surface area contributed by atoms with Gasteiger partial charge in [-0.1, -0.05) is 18.2 Å². The van der Waals surface area contributed by atoms with Crippen molar-refractivity contribution in [3.8, 4) is 5.75 Å². The maximum atomic E-state index is 12.6. The third kappa shape index (κ3) is 4.39. The van der Waals surface area contributed by atoms with Gasteiger partial charge in [-0.3, -0.25) is 4.79 Å². The number of hydrogen-bond acceptors (Lipinski definition) is 5. The van der Waals surface area contributed by atoms with E-state index in [-0.39, 0.29) is 12.3 Å². The third-order valence-electron chi connectivity index (χ3n) is 5.66. The van der Waals surface area contributed by atoms with Crippen molar-refractivity contribution in [2.45, 2.75) is 13.3 Å². The van der Waals surface area contributed by atoms with E-state index in [9.17, 15) is 4.79 Å². The minimum absolute atomic E-state index is 0.0708. The first-order valence-electron chi connectivity index (χ1n) is 10.3. The van der Waals surface area contributed by atoms with E-state index in [1.54, 1.807) is 7.11 Å². The summed E-state index contributed by atoms with van der Waals surface area (Å²) in [6.45, 7) is 6.19. The van der Waals surface area contributed by atoms with E-state index in [0.29, 0.717) is 0 Å². The summed E-state index contributed by atoms with van der Waals surface area (Å²) in [6.07, 6.45) is 0.266. The standard InChI is InChI=1S/C24H28N4O2/c1-17-14-23(28-12-10-27(2)11-13-28)26-21-9-8-19(16-20(17)21)25-24(29)15-18-6-4-5-7-22(18)30-3/h4-9,14,16H,10-13,15H2,1-3H3,(H,25,29). The number of pyridine rings is 1. The van der Waals surface area contributed by atoms with Crippen LogP contribution in [0.4, 0.5) is 11.5 Å². The Bertz CT molecular complexity index is 1060. The van der Waals surface area contributed by atoms with Crippen LogP contribution in [0.1, 0.15) is 11.1 Å². The first kappa shape index (κ1) is 20.2. The lowest BCUT2D eigenvalue weighted by molar-refractivity contribution is -0.115. The van der Waals surface area contributed by atoms with Crippen molar-refractivity contribution in [3.05, 3.63) is 59.7 Å². The molecule has 0 aliphatic carbocycles. The number of carbonyl (C=O) groups is 1. The number of likely N-dealkylation sites (N-methyl/N-ethyl adjacent to an activating group) is 1. The van der Waals surface area contributed by atoms with E-state index in [0.717, 1.165) is 65.5 Å².